The first-order valence-electron chi connectivity index (χ1n) is 5.93. The second kappa shape index (κ2) is 5.35. The average molecular weight is 221 g/mol. The molecule has 0 spiro atoms. The maximum Gasteiger partial charge on any atom is 0.122 e. The monoisotopic (exact) mass is 221 g/mol. The van der Waals surface area contributed by atoms with Gasteiger partial charge in [0.1, 0.15) is 11.9 Å². The lowest BCUT2D eigenvalue weighted by molar-refractivity contribution is 0.0932. The molecule has 0 saturated heterocycles. The molecule has 2 nitrogen and oxygen atoms in total. The minimum atomic E-state index is 0.0557. The molecule has 0 amide bonds. The largest absolute Gasteiger partial charge is 0.488 e. The zero-order valence-corrected chi connectivity index (χ0v) is 10.8. The highest BCUT2D eigenvalue weighted by Crippen LogP contribution is 2.26. The molecular formula is C14H23NO. The minimum absolute atomic E-state index is 0.0557. The number of rotatable bonds is 4. The van der Waals surface area contributed by atoms with Crippen LogP contribution in [0.2, 0.25) is 0 Å². The summed E-state index contributed by atoms with van der Waals surface area (Å²) in [6.45, 7) is 9.13. The standard InChI is InChI=1S/C14H23NO/c1-5-11-8-6-7-9-12(11)16-13(10-15)14(2,3)4/h6-9,13H,5,10,15H2,1-4H3. The van der Waals surface area contributed by atoms with Gasteiger partial charge in [-0.1, -0.05) is 45.9 Å². The predicted octanol–water partition coefficient (Wildman–Crippen LogP) is 3.00. The Hall–Kier alpha value is -1.02. The molecule has 0 radical (unpaired) electrons. The number of benzene rings is 1. The molecule has 1 aromatic carbocycles. The van der Waals surface area contributed by atoms with Crippen LogP contribution in [-0.4, -0.2) is 12.6 Å². The summed E-state index contributed by atoms with van der Waals surface area (Å²) in [5.41, 5.74) is 7.08. The van der Waals surface area contributed by atoms with Gasteiger partial charge in [0, 0.05) is 12.0 Å². The molecule has 0 heterocycles. The molecule has 0 fully saturated rings. The van der Waals surface area contributed by atoms with Crippen molar-refractivity contribution in [2.75, 3.05) is 6.54 Å². The third kappa shape index (κ3) is 3.24. The Balaban J connectivity index is 2.86. The molecule has 16 heavy (non-hydrogen) atoms. The fourth-order valence-corrected chi connectivity index (χ4v) is 1.64. The van der Waals surface area contributed by atoms with E-state index in [-0.39, 0.29) is 11.5 Å². The van der Waals surface area contributed by atoms with E-state index in [1.54, 1.807) is 0 Å². The van der Waals surface area contributed by atoms with Crippen molar-refractivity contribution >= 4 is 0 Å². The highest BCUT2D eigenvalue weighted by Gasteiger charge is 2.25. The molecular weight excluding hydrogens is 198 g/mol. The van der Waals surface area contributed by atoms with E-state index in [9.17, 15) is 0 Å². The molecule has 0 bridgehead atoms. The Labute approximate surface area is 98.8 Å². The molecule has 2 N–H and O–H groups in total. The summed E-state index contributed by atoms with van der Waals surface area (Å²) in [6, 6.07) is 8.17. The molecule has 0 saturated carbocycles. The number of hydrogen-bond acceptors (Lipinski definition) is 2. The van der Waals surface area contributed by atoms with Gasteiger partial charge in [0.25, 0.3) is 0 Å². The molecule has 0 aromatic heterocycles. The molecule has 1 atom stereocenters. The summed E-state index contributed by atoms with van der Waals surface area (Å²) in [5.74, 6) is 0.968. The number of para-hydroxylation sites is 1. The highest BCUT2D eigenvalue weighted by molar-refractivity contribution is 5.33. The number of nitrogens with two attached hydrogens (primary N) is 1. The Bertz CT molecular complexity index is 328. The summed E-state index contributed by atoms with van der Waals surface area (Å²) >= 11 is 0. The second-order valence-corrected chi connectivity index (χ2v) is 5.17. The fraction of sp³-hybridized carbons (Fsp3) is 0.571. The van der Waals surface area contributed by atoms with E-state index >= 15 is 0 Å². The molecule has 0 aliphatic carbocycles. The van der Waals surface area contributed by atoms with Gasteiger partial charge in [-0.2, -0.15) is 0 Å². The Morgan fingerprint density at radius 3 is 2.38 bits per heavy atom. The summed E-state index contributed by atoms with van der Waals surface area (Å²) in [6.07, 6.45) is 1.04. The maximum absolute atomic E-state index is 6.03. The lowest BCUT2D eigenvalue weighted by Gasteiger charge is -2.30. The van der Waals surface area contributed by atoms with Gasteiger partial charge in [-0.15, -0.1) is 0 Å². The van der Waals surface area contributed by atoms with Crippen molar-refractivity contribution in [3.8, 4) is 5.75 Å². The summed E-state index contributed by atoms with van der Waals surface area (Å²) in [4.78, 5) is 0. The molecule has 1 unspecified atom stereocenters. The van der Waals surface area contributed by atoms with Crippen LogP contribution in [0.15, 0.2) is 24.3 Å². The van der Waals surface area contributed by atoms with E-state index in [4.69, 9.17) is 10.5 Å². The van der Waals surface area contributed by atoms with E-state index in [1.165, 1.54) is 5.56 Å². The van der Waals surface area contributed by atoms with Gasteiger partial charge in [0.15, 0.2) is 0 Å². The van der Waals surface area contributed by atoms with Crippen molar-refractivity contribution in [3.05, 3.63) is 29.8 Å². The molecule has 1 aromatic rings. The Morgan fingerprint density at radius 1 is 1.25 bits per heavy atom. The number of aryl methyl sites for hydroxylation is 1. The fourth-order valence-electron chi connectivity index (χ4n) is 1.64. The van der Waals surface area contributed by atoms with Gasteiger partial charge >= 0.3 is 0 Å². The maximum atomic E-state index is 6.03. The summed E-state index contributed by atoms with van der Waals surface area (Å²) in [5, 5.41) is 0. The van der Waals surface area contributed by atoms with Gasteiger partial charge in [-0.05, 0) is 18.1 Å². The molecule has 90 valence electrons. The van der Waals surface area contributed by atoms with Crippen LogP contribution in [0.25, 0.3) is 0 Å². The topological polar surface area (TPSA) is 35.2 Å². The molecule has 0 aliphatic heterocycles. The highest BCUT2D eigenvalue weighted by atomic mass is 16.5. The van der Waals surface area contributed by atoms with Gasteiger partial charge < -0.3 is 10.5 Å². The first kappa shape index (κ1) is 13.0. The quantitative estimate of drug-likeness (QED) is 0.848. The average Bonchev–Trinajstić information content (AvgIpc) is 2.24. The number of hydrogen-bond donors (Lipinski definition) is 1. The van der Waals surface area contributed by atoms with Crippen molar-refractivity contribution in [3.63, 3.8) is 0 Å². The summed E-state index contributed by atoms with van der Waals surface area (Å²) in [7, 11) is 0. The predicted molar refractivity (Wildman–Crippen MR) is 68.7 cm³/mol. The van der Waals surface area contributed by atoms with Crippen LogP contribution < -0.4 is 10.5 Å². The van der Waals surface area contributed by atoms with Crippen molar-refractivity contribution in [1.29, 1.82) is 0 Å². The van der Waals surface area contributed by atoms with Gasteiger partial charge in [0.2, 0.25) is 0 Å². The van der Waals surface area contributed by atoms with E-state index in [2.05, 4.69) is 33.8 Å². The van der Waals surface area contributed by atoms with Crippen molar-refractivity contribution in [2.24, 2.45) is 11.1 Å². The SMILES string of the molecule is CCc1ccccc1OC(CN)C(C)(C)C. The van der Waals surface area contributed by atoms with Crippen LogP contribution in [0.1, 0.15) is 33.3 Å². The zero-order valence-electron chi connectivity index (χ0n) is 10.8. The Morgan fingerprint density at radius 2 is 1.88 bits per heavy atom. The van der Waals surface area contributed by atoms with Crippen LogP contribution in [0.4, 0.5) is 0 Å². The van der Waals surface area contributed by atoms with Crippen molar-refractivity contribution in [1.82, 2.24) is 0 Å². The molecule has 1 rings (SSSR count). The normalized spacial score (nSPS) is 13.6. The zero-order chi connectivity index (χ0) is 12.2. The first-order chi connectivity index (χ1) is 7.49. The smallest absolute Gasteiger partial charge is 0.122 e. The number of ether oxygens (including phenoxy) is 1. The van der Waals surface area contributed by atoms with E-state index < -0.39 is 0 Å². The van der Waals surface area contributed by atoms with E-state index in [1.807, 2.05) is 18.2 Å². The van der Waals surface area contributed by atoms with E-state index in [0.29, 0.717) is 6.54 Å². The third-order valence-electron chi connectivity index (χ3n) is 2.80. The minimum Gasteiger partial charge on any atom is -0.488 e. The van der Waals surface area contributed by atoms with Crippen molar-refractivity contribution in [2.45, 2.75) is 40.2 Å². The van der Waals surface area contributed by atoms with Gasteiger partial charge in [-0.25, -0.2) is 0 Å². The Kier molecular flexibility index (Phi) is 4.36. The van der Waals surface area contributed by atoms with Crippen LogP contribution in [0.5, 0.6) is 5.75 Å². The van der Waals surface area contributed by atoms with Crippen LogP contribution in [0, 0.1) is 5.41 Å². The molecule has 0 aliphatic rings. The van der Waals surface area contributed by atoms with Crippen LogP contribution in [-0.2, 0) is 6.42 Å². The lowest BCUT2D eigenvalue weighted by Crippen LogP contribution is -2.38. The summed E-state index contributed by atoms with van der Waals surface area (Å²) < 4.78 is 6.03. The molecule has 2 heteroatoms. The first-order valence-corrected chi connectivity index (χ1v) is 5.93. The third-order valence-corrected chi connectivity index (χ3v) is 2.80. The van der Waals surface area contributed by atoms with Gasteiger partial charge in [-0.3, -0.25) is 0 Å². The van der Waals surface area contributed by atoms with Gasteiger partial charge in [0.05, 0.1) is 0 Å². The second-order valence-electron chi connectivity index (χ2n) is 5.17. The van der Waals surface area contributed by atoms with Crippen LogP contribution in [0.3, 0.4) is 0 Å². The van der Waals surface area contributed by atoms with Crippen molar-refractivity contribution < 1.29 is 4.74 Å². The van der Waals surface area contributed by atoms with E-state index in [0.717, 1.165) is 12.2 Å². The van der Waals surface area contributed by atoms with Crippen LogP contribution >= 0.6 is 0 Å². The lowest BCUT2D eigenvalue weighted by atomic mass is 9.89.